The van der Waals surface area contributed by atoms with Gasteiger partial charge in [-0.2, -0.15) is 0 Å². The van der Waals surface area contributed by atoms with Crippen molar-refractivity contribution in [3.8, 4) is 0 Å². The Balaban J connectivity index is 2.27. The molecule has 0 bridgehead atoms. The number of aryl methyl sites for hydroxylation is 1. The number of thiazole rings is 1. The van der Waals surface area contributed by atoms with E-state index in [1.165, 1.54) is 0 Å². The number of rotatable bonds is 6. The van der Waals surface area contributed by atoms with Crippen molar-refractivity contribution in [2.45, 2.75) is 13.5 Å². The lowest BCUT2D eigenvalue weighted by molar-refractivity contribution is 0.586. The van der Waals surface area contributed by atoms with Crippen molar-refractivity contribution in [2.75, 3.05) is 26.4 Å². The molecule has 0 aromatic carbocycles. The first-order chi connectivity index (χ1) is 8.90. The van der Waals surface area contributed by atoms with Crippen LogP contribution in [0.25, 0.3) is 0 Å². The topological polar surface area (TPSA) is 95.5 Å². The van der Waals surface area contributed by atoms with Crippen LogP contribution in [0.2, 0.25) is 0 Å². The van der Waals surface area contributed by atoms with Crippen LogP contribution in [0.15, 0.2) is 11.2 Å². The van der Waals surface area contributed by atoms with E-state index in [1.54, 1.807) is 18.4 Å². The minimum Gasteiger partial charge on any atom is -0.355 e. The van der Waals surface area contributed by atoms with Crippen molar-refractivity contribution in [3.63, 3.8) is 0 Å². The van der Waals surface area contributed by atoms with Gasteiger partial charge in [0.2, 0.25) is 10.0 Å². The van der Waals surface area contributed by atoms with Gasteiger partial charge in [0.25, 0.3) is 0 Å². The molecular weight excluding hydrogens is 286 g/mol. The maximum absolute atomic E-state index is 10.9. The van der Waals surface area contributed by atoms with E-state index in [9.17, 15) is 8.42 Å². The molecule has 1 aromatic rings. The molecule has 3 N–H and O–H groups in total. The first-order valence-electron chi connectivity index (χ1n) is 5.71. The molecule has 1 heterocycles. The molecule has 0 atom stereocenters. The van der Waals surface area contributed by atoms with E-state index >= 15 is 0 Å². The van der Waals surface area contributed by atoms with Crippen LogP contribution in [0.3, 0.4) is 0 Å². The number of aromatic nitrogens is 1. The number of sulfonamides is 1. The van der Waals surface area contributed by atoms with Gasteiger partial charge in [0.05, 0.1) is 12.8 Å². The number of hydrogen-bond donors (Lipinski definition) is 3. The second-order valence-electron chi connectivity index (χ2n) is 3.88. The van der Waals surface area contributed by atoms with Crippen LogP contribution in [0, 0.1) is 6.92 Å². The SMILES string of the molecule is CN=C(NCCNS(C)(=O)=O)NCc1ncc(C)s1. The lowest BCUT2D eigenvalue weighted by atomic mass is 10.6. The first-order valence-corrected chi connectivity index (χ1v) is 8.42. The van der Waals surface area contributed by atoms with Gasteiger partial charge in [-0.1, -0.05) is 0 Å². The Hall–Kier alpha value is -1.19. The molecule has 0 aliphatic rings. The van der Waals surface area contributed by atoms with Crippen LogP contribution in [0.5, 0.6) is 0 Å². The molecule has 9 heteroatoms. The van der Waals surface area contributed by atoms with Crippen molar-refractivity contribution in [1.82, 2.24) is 20.3 Å². The van der Waals surface area contributed by atoms with Crippen molar-refractivity contribution in [2.24, 2.45) is 4.99 Å². The van der Waals surface area contributed by atoms with Crippen molar-refractivity contribution >= 4 is 27.3 Å². The van der Waals surface area contributed by atoms with Crippen LogP contribution >= 0.6 is 11.3 Å². The Bertz CT molecular complexity index is 524. The molecule has 0 fully saturated rings. The van der Waals surface area contributed by atoms with E-state index in [4.69, 9.17) is 0 Å². The highest BCUT2D eigenvalue weighted by Crippen LogP contribution is 2.10. The highest BCUT2D eigenvalue weighted by atomic mass is 32.2. The normalized spacial score (nSPS) is 12.5. The summed E-state index contributed by atoms with van der Waals surface area (Å²) in [6.07, 6.45) is 2.96. The molecule has 0 amide bonds. The van der Waals surface area contributed by atoms with Crippen LogP contribution in [0.1, 0.15) is 9.88 Å². The van der Waals surface area contributed by atoms with Crippen LogP contribution in [0.4, 0.5) is 0 Å². The summed E-state index contributed by atoms with van der Waals surface area (Å²) >= 11 is 1.62. The van der Waals surface area contributed by atoms with Gasteiger partial charge in [0.15, 0.2) is 5.96 Å². The standard InChI is InChI=1S/C10H19N5O2S2/c1-8-6-13-9(18-8)7-14-10(11-2)12-4-5-15-19(3,16)17/h6,15H,4-5,7H2,1-3H3,(H2,11,12,14). The molecule has 1 aromatic heterocycles. The zero-order valence-corrected chi connectivity index (χ0v) is 12.9. The number of aliphatic imine (C=N–C) groups is 1. The van der Waals surface area contributed by atoms with E-state index in [-0.39, 0.29) is 0 Å². The van der Waals surface area contributed by atoms with Gasteiger partial charge in [0.1, 0.15) is 5.01 Å². The van der Waals surface area contributed by atoms with Gasteiger partial charge in [-0.15, -0.1) is 11.3 Å². The van der Waals surface area contributed by atoms with Crippen molar-refractivity contribution in [1.29, 1.82) is 0 Å². The molecule has 19 heavy (non-hydrogen) atoms. The molecule has 0 aliphatic carbocycles. The number of hydrogen-bond acceptors (Lipinski definition) is 5. The Labute approximate surface area is 117 Å². The van der Waals surface area contributed by atoms with Gasteiger partial charge in [0, 0.05) is 31.2 Å². The highest BCUT2D eigenvalue weighted by Gasteiger charge is 2.02. The molecule has 108 valence electrons. The maximum Gasteiger partial charge on any atom is 0.208 e. The summed E-state index contributed by atoms with van der Waals surface area (Å²) < 4.78 is 24.1. The fraction of sp³-hybridized carbons (Fsp3) is 0.600. The highest BCUT2D eigenvalue weighted by molar-refractivity contribution is 7.88. The molecule has 0 aliphatic heterocycles. The van der Waals surface area contributed by atoms with E-state index in [1.807, 2.05) is 13.1 Å². The van der Waals surface area contributed by atoms with Crippen molar-refractivity contribution < 1.29 is 8.42 Å². The van der Waals surface area contributed by atoms with Crippen molar-refractivity contribution in [3.05, 3.63) is 16.1 Å². The van der Waals surface area contributed by atoms with E-state index < -0.39 is 10.0 Å². The average molecular weight is 305 g/mol. The summed E-state index contributed by atoms with van der Waals surface area (Å²) in [5, 5.41) is 7.10. The molecule has 0 spiro atoms. The summed E-state index contributed by atoms with van der Waals surface area (Å²) in [7, 11) is -1.48. The minimum atomic E-state index is -3.14. The van der Waals surface area contributed by atoms with Crippen LogP contribution in [-0.2, 0) is 16.6 Å². The smallest absolute Gasteiger partial charge is 0.208 e. The largest absolute Gasteiger partial charge is 0.355 e. The number of nitrogens with zero attached hydrogens (tertiary/aromatic N) is 2. The van der Waals surface area contributed by atoms with Gasteiger partial charge in [-0.3, -0.25) is 4.99 Å². The fourth-order valence-electron chi connectivity index (χ4n) is 1.28. The Morgan fingerprint density at radius 1 is 1.42 bits per heavy atom. The zero-order chi connectivity index (χ0) is 14.3. The summed E-state index contributed by atoms with van der Waals surface area (Å²) in [6.45, 7) is 3.38. The molecule has 1 rings (SSSR count). The Kier molecular flexibility index (Phi) is 6.19. The third kappa shape index (κ3) is 7.09. The minimum absolute atomic E-state index is 0.315. The van der Waals surface area contributed by atoms with Gasteiger partial charge in [-0.05, 0) is 6.92 Å². The van der Waals surface area contributed by atoms with Gasteiger partial charge < -0.3 is 10.6 Å². The molecule has 0 radical (unpaired) electrons. The maximum atomic E-state index is 10.9. The van der Waals surface area contributed by atoms with E-state index in [0.29, 0.717) is 25.6 Å². The molecule has 0 saturated carbocycles. The quantitative estimate of drug-likeness (QED) is 0.380. The Morgan fingerprint density at radius 3 is 2.68 bits per heavy atom. The third-order valence-electron chi connectivity index (χ3n) is 2.08. The number of nitrogens with one attached hydrogen (secondary N) is 3. The summed E-state index contributed by atoms with van der Waals surface area (Å²) in [5.74, 6) is 0.614. The molecule has 0 unspecified atom stereocenters. The summed E-state index contributed by atoms with van der Waals surface area (Å²) in [6, 6.07) is 0. The fourth-order valence-corrected chi connectivity index (χ4v) is 2.48. The average Bonchev–Trinajstić information content (AvgIpc) is 2.73. The molecular formula is C10H19N5O2S2. The summed E-state index contributed by atoms with van der Waals surface area (Å²) in [4.78, 5) is 9.43. The summed E-state index contributed by atoms with van der Waals surface area (Å²) in [5.41, 5.74) is 0. The predicted octanol–water partition coefficient (Wildman–Crippen LogP) is -0.334. The molecule has 7 nitrogen and oxygen atoms in total. The van der Waals surface area contributed by atoms with Gasteiger partial charge in [-0.25, -0.2) is 18.1 Å². The molecule has 0 saturated heterocycles. The van der Waals surface area contributed by atoms with Gasteiger partial charge >= 0.3 is 0 Å². The third-order valence-corrected chi connectivity index (χ3v) is 3.72. The number of guanidine groups is 1. The monoisotopic (exact) mass is 305 g/mol. The van der Waals surface area contributed by atoms with Crippen LogP contribution < -0.4 is 15.4 Å². The van der Waals surface area contributed by atoms with Crippen LogP contribution in [-0.4, -0.2) is 45.8 Å². The predicted molar refractivity (Wildman–Crippen MR) is 77.9 cm³/mol. The first kappa shape index (κ1) is 15.9. The van der Waals surface area contributed by atoms with E-state index in [2.05, 4.69) is 25.3 Å². The lowest BCUT2D eigenvalue weighted by Gasteiger charge is -2.10. The van der Waals surface area contributed by atoms with E-state index in [0.717, 1.165) is 16.1 Å². The zero-order valence-electron chi connectivity index (χ0n) is 11.2. The lowest BCUT2D eigenvalue weighted by Crippen LogP contribution is -2.41. The Morgan fingerprint density at radius 2 is 2.16 bits per heavy atom. The second-order valence-corrected chi connectivity index (χ2v) is 7.04. The second kappa shape index (κ2) is 7.41.